The van der Waals surface area contributed by atoms with Gasteiger partial charge in [0.05, 0.1) is 0 Å². The van der Waals surface area contributed by atoms with E-state index >= 15 is 0 Å². The van der Waals surface area contributed by atoms with E-state index in [9.17, 15) is 4.79 Å². The lowest BCUT2D eigenvalue weighted by Crippen LogP contribution is -2.47. The van der Waals surface area contributed by atoms with Crippen molar-refractivity contribution < 1.29 is 4.79 Å². The van der Waals surface area contributed by atoms with Gasteiger partial charge in [-0.3, -0.25) is 9.69 Å². The number of likely N-dealkylation sites (tertiary alicyclic amines) is 1. The molecule has 2 aliphatic rings. The van der Waals surface area contributed by atoms with E-state index in [0.717, 1.165) is 51.7 Å². The van der Waals surface area contributed by atoms with Gasteiger partial charge in [-0.15, -0.1) is 0 Å². The van der Waals surface area contributed by atoms with Crippen LogP contribution in [0.25, 0.3) is 0 Å². The summed E-state index contributed by atoms with van der Waals surface area (Å²) >= 11 is 0. The largest absolute Gasteiger partial charge is 0.369 e. The van der Waals surface area contributed by atoms with E-state index in [4.69, 9.17) is 0 Å². The van der Waals surface area contributed by atoms with Crippen LogP contribution < -0.4 is 4.90 Å². The van der Waals surface area contributed by atoms with Crippen LogP contribution in [0.4, 0.5) is 5.69 Å². The molecule has 0 aliphatic carbocycles. The molecule has 0 aromatic heterocycles. The fraction of sp³-hybridized carbons (Fsp3) is 0.650. The summed E-state index contributed by atoms with van der Waals surface area (Å²) in [4.78, 5) is 19.3. The molecular formula is C20H31N3O. The Bertz CT molecular complexity index is 544. The number of hydrogen-bond donors (Lipinski definition) is 0. The molecule has 2 aliphatic heterocycles. The van der Waals surface area contributed by atoms with Gasteiger partial charge in [-0.25, -0.2) is 0 Å². The smallest absolute Gasteiger partial charge is 0.223 e. The van der Waals surface area contributed by atoms with Gasteiger partial charge in [0.1, 0.15) is 0 Å². The first-order valence-corrected chi connectivity index (χ1v) is 9.43. The van der Waals surface area contributed by atoms with Crippen LogP contribution in [0.2, 0.25) is 0 Å². The van der Waals surface area contributed by atoms with Crippen molar-refractivity contribution in [3.8, 4) is 0 Å². The molecule has 1 amide bonds. The molecule has 4 heteroatoms. The van der Waals surface area contributed by atoms with Crippen LogP contribution in [0.15, 0.2) is 24.3 Å². The van der Waals surface area contributed by atoms with Gasteiger partial charge in [-0.1, -0.05) is 19.1 Å². The van der Waals surface area contributed by atoms with Gasteiger partial charge in [0.2, 0.25) is 5.91 Å². The molecule has 0 spiro atoms. The van der Waals surface area contributed by atoms with Gasteiger partial charge >= 0.3 is 0 Å². The van der Waals surface area contributed by atoms with Gasteiger partial charge in [-0.2, -0.15) is 0 Å². The zero-order valence-corrected chi connectivity index (χ0v) is 15.2. The van der Waals surface area contributed by atoms with Crippen LogP contribution in [-0.4, -0.2) is 61.5 Å². The van der Waals surface area contributed by atoms with E-state index in [0.29, 0.717) is 12.3 Å². The van der Waals surface area contributed by atoms with Crippen LogP contribution in [0.5, 0.6) is 0 Å². The Hall–Kier alpha value is -1.55. The molecule has 0 atom stereocenters. The first-order valence-electron chi connectivity index (χ1n) is 9.43. The van der Waals surface area contributed by atoms with Gasteiger partial charge in [0.25, 0.3) is 0 Å². The molecule has 2 fully saturated rings. The monoisotopic (exact) mass is 329 g/mol. The van der Waals surface area contributed by atoms with Crippen molar-refractivity contribution in [2.24, 2.45) is 5.92 Å². The molecule has 132 valence electrons. The topological polar surface area (TPSA) is 26.8 Å². The quantitative estimate of drug-likeness (QED) is 0.850. The molecule has 4 nitrogen and oxygen atoms in total. The van der Waals surface area contributed by atoms with Crippen molar-refractivity contribution in [1.82, 2.24) is 9.80 Å². The summed E-state index contributed by atoms with van der Waals surface area (Å²) in [5, 5.41) is 0. The fourth-order valence-corrected chi connectivity index (χ4v) is 3.72. The Kier molecular flexibility index (Phi) is 5.77. The maximum Gasteiger partial charge on any atom is 0.223 e. The van der Waals surface area contributed by atoms with E-state index < -0.39 is 0 Å². The average Bonchev–Trinajstić information content (AvgIpc) is 2.61. The fourth-order valence-electron chi connectivity index (χ4n) is 3.72. The molecular weight excluding hydrogens is 298 g/mol. The highest BCUT2D eigenvalue weighted by molar-refractivity contribution is 5.76. The predicted molar refractivity (Wildman–Crippen MR) is 99.4 cm³/mol. The van der Waals surface area contributed by atoms with Gasteiger partial charge in [0, 0.05) is 57.9 Å². The standard InChI is InChI=1S/C20H31N3O/c1-17-6-10-23(11-7-17)20(24)8-9-21-12-14-22(15-13-21)19-5-3-4-18(2)16-19/h3-5,16-17H,6-15H2,1-2H3. The van der Waals surface area contributed by atoms with Crippen LogP contribution in [-0.2, 0) is 4.79 Å². The number of piperidine rings is 1. The summed E-state index contributed by atoms with van der Waals surface area (Å²) < 4.78 is 0. The second kappa shape index (κ2) is 8.02. The Morgan fingerprint density at radius 3 is 2.46 bits per heavy atom. The molecule has 1 aromatic carbocycles. The lowest BCUT2D eigenvalue weighted by atomic mass is 9.99. The van der Waals surface area contributed by atoms with Crippen molar-refractivity contribution in [3.05, 3.63) is 29.8 Å². The van der Waals surface area contributed by atoms with E-state index in [1.54, 1.807) is 0 Å². The number of aryl methyl sites for hydroxylation is 1. The zero-order valence-electron chi connectivity index (χ0n) is 15.2. The van der Waals surface area contributed by atoms with Crippen molar-refractivity contribution in [2.75, 3.05) is 50.7 Å². The molecule has 0 unspecified atom stereocenters. The van der Waals surface area contributed by atoms with Crippen molar-refractivity contribution >= 4 is 11.6 Å². The molecule has 2 heterocycles. The van der Waals surface area contributed by atoms with Crippen molar-refractivity contribution in [2.45, 2.75) is 33.1 Å². The maximum absolute atomic E-state index is 12.4. The molecule has 0 bridgehead atoms. The SMILES string of the molecule is Cc1cccc(N2CCN(CCC(=O)N3CCC(C)CC3)CC2)c1. The molecule has 24 heavy (non-hydrogen) atoms. The van der Waals surface area contributed by atoms with Crippen LogP contribution in [0, 0.1) is 12.8 Å². The number of nitrogens with zero attached hydrogens (tertiary/aromatic N) is 3. The molecule has 2 saturated heterocycles. The second-order valence-corrected chi connectivity index (χ2v) is 7.48. The first kappa shape index (κ1) is 17.3. The Labute approximate surface area is 146 Å². The summed E-state index contributed by atoms with van der Waals surface area (Å²) in [5.41, 5.74) is 2.64. The van der Waals surface area contributed by atoms with Crippen molar-refractivity contribution in [1.29, 1.82) is 0 Å². The highest BCUT2D eigenvalue weighted by Crippen LogP contribution is 2.19. The highest BCUT2D eigenvalue weighted by Gasteiger charge is 2.22. The van der Waals surface area contributed by atoms with E-state index in [1.807, 2.05) is 0 Å². The summed E-state index contributed by atoms with van der Waals surface area (Å²) in [6.45, 7) is 11.5. The minimum absolute atomic E-state index is 0.350. The normalized spacial score (nSPS) is 20.4. The Morgan fingerprint density at radius 2 is 1.79 bits per heavy atom. The maximum atomic E-state index is 12.4. The van der Waals surface area contributed by atoms with Crippen LogP contribution in [0.3, 0.4) is 0 Å². The molecule has 0 saturated carbocycles. The molecule has 1 aromatic rings. The average molecular weight is 329 g/mol. The molecule has 0 N–H and O–H groups in total. The Balaban J connectivity index is 1.40. The highest BCUT2D eigenvalue weighted by atomic mass is 16.2. The Morgan fingerprint density at radius 1 is 1.08 bits per heavy atom. The number of carbonyl (C=O) groups is 1. The van der Waals surface area contributed by atoms with Gasteiger partial charge in [0.15, 0.2) is 0 Å². The first-order chi connectivity index (χ1) is 11.6. The third-order valence-corrected chi connectivity index (χ3v) is 5.52. The van der Waals surface area contributed by atoms with Crippen molar-refractivity contribution in [3.63, 3.8) is 0 Å². The number of benzene rings is 1. The summed E-state index contributed by atoms with van der Waals surface area (Å²) in [7, 11) is 0. The minimum atomic E-state index is 0.350. The minimum Gasteiger partial charge on any atom is -0.369 e. The zero-order chi connectivity index (χ0) is 16.9. The number of hydrogen-bond acceptors (Lipinski definition) is 3. The predicted octanol–water partition coefficient (Wildman–Crippen LogP) is 2.77. The lowest BCUT2D eigenvalue weighted by molar-refractivity contribution is -0.132. The number of piperazine rings is 1. The lowest BCUT2D eigenvalue weighted by Gasteiger charge is -2.36. The van der Waals surface area contributed by atoms with Crippen LogP contribution >= 0.6 is 0 Å². The number of carbonyl (C=O) groups excluding carboxylic acids is 1. The third kappa shape index (κ3) is 4.50. The van der Waals surface area contributed by atoms with E-state index in [1.165, 1.54) is 24.1 Å². The van der Waals surface area contributed by atoms with Gasteiger partial charge < -0.3 is 9.80 Å². The van der Waals surface area contributed by atoms with Crippen LogP contribution in [0.1, 0.15) is 31.7 Å². The van der Waals surface area contributed by atoms with Gasteiger partial charge in [-0.05, 0) is 43.4 Å². The van der Waals surface area contributed by atoms with E-state index in [2.05, 4.69) is 52.8 Å². The van der Waals surface area contributed by atoms with E-state index in [-0.39, 0.29) is 0 Å². The summed E-state index contributed by atoms with van der Waals surface area (Å²) in [5.74, 6) is 1.13. The molecule has 0 radical (unpaired) electrons. The third-order valence-electron chi connectivity index (χ3n) is 5.52. The number of amides is 1. The number of anilines is 1. The number of rotatable bonds is 4. The summed E-state index contributed by atoms with van der Waals surface area (Å²) in [6.07, 6.45) is 3.01. The second-order valence-electron chi connectivity index (χ2n) is 7.48. The summed E-state index contributed by atoms with van der Waals surface area (Å²) in [6, 6.07) is 8.74. The molecule has 3 rings (SSSR count).